The molecule has 0 aliphatic rings. The Labute approximate surface area is 160 Å². The van der Waals surface area contributed by atoms with Gasteiger partial charge in [-0.2, -0.15) is 0 Å². The van der Waals surface area contributed by atoms with Crippen LogP contribution in [0.3, 0.4) is 0 Å². The molecule has 1 N–H and O–H groups in total. The maximum absolute atomic E-state index is 13.1. The first-order valence-corrected chi connectivity index (χ1v) is 8.92. The molecule has 2 rings (SSSR count). The summed E-state index contributed by atoms with van der Waals surface area (Å²) >= 11 is 0. The fourth-order valence-corrected chi connectivity index (χ4v) is 3.06. The highest BCUT2D eigenvalue weighted by Crippen LogP contribution is 2.22. The summed E-state index contributed by atoms with van der Waals surface area (Å²) in [4.78, 5) is 26.4. The number of nitrogens with zero attached hydrogens (tertiary/aromatic N) is 1. The highest BCUT2D eigenvalue weighted by Gasteiger charge is 2.24. The lowest BCUT2D eigenvalue weighted by atomic mass is 9.88. The van der Waals surface area contributed by atoms with Gasteiger partial charge < -0.3 is 10.0 Å². The fourth-order valence-electron chi connectivity index (χ4n) is 3.06. The molecule has 0 saturated heterocycles. The number of carbonyl (C=O) groups is 2. The molecule has 1 atom stereocenters. The molecule has 0 amide bonds. The molecule has 0 aliphatic heterocycles. The Balaban J connectivity index is 2.28. The molecular formula is C23H25NO3. The number of rotatable bonds is 11. The summed E-state index contributed by atoms with van der Waals surface area (Å²) in [5.41, 5.74) is 2.36. The van der Waals surface area contributed by atoms with E-state index in [1.54, 1.807) is 18.2 Å². The van der Waals surface area contributed by atoms with E-state index in [0.29, 0.717) is 25.1 Å². The zero-order valence-corrected chi connectivity index (χ0v) is 15.4. The lowest BCUT2D eigenvalue weighted by Crippen LogP contribution is -2.24. The van der Waals surface area contributed by atoms with Crippen molar-refractivity contribution in [1.82, 2.24) is 0 Å². The van der Waals surface area contributed by atoms with Gasteiger partial charge in [-0.25, -0.2) is 0 Å². The molecule has 4 nitrogen and oxygen atoms in total. The number of anilines is 1. The third-order valence-corrected chi connectivity index (χ3v) is 4.31. The van der Waals surface area contributed by atoms with Gasteiger partial charge in [0, 0.05) is 30.3 Å². The van der Waals surface area contributed by atoms with Crippen LogP contribution in [0.1, 0.15) is 22.3 Å². The second-order valence-corrected chi connectivity index (χ2v) is 6.38. The van der Waals surface area contributed by atoms with E-state index in [4.69, 9.17) is 0 Å². The molecular weight excluding hydrogens is 338 g/mol. The van der Waals surface area contributed by atoms with Gasteiger partial charge in [0.2, 0.25) is 0 Å². The summed E-state index contributed by atoms with van der Waals surface area (Å²) in [5, 5.41) is 9.26. The highest BCUT2D eigenvalue weighted by atomic mass is 16.4. The number of carbonyl (C=O) groups excluding carboxylic acids is 1. The Bertz CT molecular complexity index is 788. The van der Waals surface area contributed by atoms with E-state index < -0.39 is 11.9 Å². The second-order valence-electron chi connectivity index (χ2n) is 6.38. The molecule has 0 heterocycles. The molecule has 4 heteroatoms. The van der Waals surface area contributed by atoms with Crippen LogP contribution in [0.5, 0.6) is 0 Å². The molecule has 0 aliphatic carbocycles. The van der Waals surface area contributed by atoms with Gasteiger partial charge in [0.25, 0.3) is 0 Å². The SMILES string of the molecule is C=CCN(CC=C)c1cccc(C(=O)C(CC(=O)O)Cc2ccccc2)c1. The predicted molar refractivity (Wildman–Crippen MR) is 109 cm³/mol. The first-order chi connectivity index (χ1) is 13.0. The average molecular weight is 363 g/mol. The molecule has 0 radical (unpaired) electrons. The van der Waals surface area contributed by atoms with Crippen molar-refractivity contribution in [2.45, 2.75) is 12.8 Å². The van der Waals surface area contributed by atoms with E-state index >= 15 is 0 Å². The van der Waals surface area contributed by atoms with Crippen molar-refractivity contribution in [3.8, 4) is 0 Å². The number of aliphatic carboxylic acids is 1. The normalized spacial score (nSPS) is 11.4. The number of ketones is 1. The monoisotopic (exact) mass is 363 g/mol. The molecule has 0 saturated carbocycles. The highest BCUT2D eigenvalue weighted by molar-refractivity contribution is 6.00. The van der Waals surface area contributed by atoms with Crippen molar-refractivity contribution in [2.75, 3.05) is 18.0 Å². The van der Waals surface area contributed by atoms with Crippen LogP contribution in [-0.4, -0.2) is 29.9 Å². The first kappa shape index (κ1) is 20.2. The van der Waals surface area contributed by atoms with Crippen LogP contribution in [-0.2, 0) is 11.2 Å². The number of benzene rings is 2. The van der Waals surface area contributed by atoms with E-state index in [1.165, 1.54) is 0 Å². The lowest BCUT2D eigenvalue weighted by Gasteiger charge is -2.22. The van der Waals surface area contributed by atoms with E-state index in [1.807, 2.05) is 53.4 Å². The van der Waals surface area contributed by atoms with Crippen molar-refractivity contribution in [2.24, 2.45) is 5.92 Å². The summed E-state index contributed by atoms with van der Waals surface area (Å²) in [6.07, 6.45) is 3.79. The van der Waals surface area contributed by atoms with Crippen LogP contribution in [0.15, 0.2) is 79.9 Å². The minimum absolute atomic E-state index is 0.153. The van der Waals surface area contributed by atoms with Crippen LogP contribution in [0.2, 0.25) is 0 Å². The van der Waals surface area contributed by atoms with Gasteiger partial charge >= 0.3 is 5.97 Å². The standard InChI is InChI=1S/C23H25NO3/c1-3-13-24(14-4-2)21-12-8-11-19(16-21)23(27)20(17-22(25)26)15-18-9-6-5-7-10-18/h3-12,16,20H,1-2,13-15,17H2,(H,25,26). The van der Waals surface area contributed by atoms with Gasteiger partial charge in [0.05, 0.1) is 6.42 Å². The van der Waals surface area contributed by atoms with Crippen LogP contribution in [0.25, 0.3) is 0 Å². The Hall–Kier alpha value is -3.14. The average Bonchev–Trinajstić information content (AvgIpc) is 2.67. The number of Topliss-reactive ketones (excluding diaryl/α,β-unsaturated/α-hetero) is 1. The van der Waals surface area contributed by atoms with E-state index in [-0.39, 0.29) is 12.2 Å². The van der Waals surface area contributed by atoms with Gasteiger partial charge in [-0.3, -0.25) is 9.59 Å². The summed E-state index contributed by atoms with van der Waals surface area (Å²) in [7, 11) is 0. The van der Waals surface area contributed by atoms with Crippen molar-refractivity contribution in [3.05, 3.63) is 91.0 Å². The zero-order chi connectivity index (χ0) is 19.6. The largest absolute Gasteiger partial charge is 0.481 e. The maximum Gasteiger partial charge on any atom is 0.304 e. The van der Waals surface area contributed by atoms with Crippen LogP contribution >= 0.6 is 0 Å². The van der Waals surface area contributed by atoms with Crippen molar-refractivity contribution in [3.63, 3.8) is 0 Å². The molecule has 0 fully saturated rings. The lowest BCUT2D eigenvalue weighted by molar-refractivity contribution is -0.137. The van der Waals surface area contributed by atoms with E-state index in [0.717, 1.165) is 11.3 Å². The van der Waals surface area contributed by atoms with Gasteiger partial charge in [0.1, 0.15) is 0 Å². The number of hydrogen-bond donors (Lipinski definition) is 1. The smallest absolute Gasteiger partial charge is 0.304 e. The van der Waals surface area contributed by atoms with Crippen molar-refractivity contribution in [1.29, 1.82) is 0 Å². The van der Waals surface area contributed by atoms with Crippen LogP contribution < -0.4 is 4.90 Å². The molecule has 27 heavy (non-hydrogen) atoms. The minimum Gasteiger partial charge on any atom is -0.481 e. The molecule has 0 spiro atoms. The topological polar surface area (TPSA) is 57.6 Å². The Morgan fingerprint density at radius 3 is 2.26 bits per heavy atom. The van der Waals surface area contributed by atoms with Crippen molar-refractivity contribution >= 4 is 17.4 Å². The maximum atomic E-state index is 13.1. The molecule has 1 unspecified atom stereocenters. The molecule has 140 valence electrons. The minimum atomic E-state index is -0.972. The predicted octanol–water partition coefficient (Wildman–Crippen LogP) is 4.38. The number of carboxylic acid groups (broad SMARTS) is 1. The van der Waals surface area contributed by atoms with Gasteiger partial charge in [-0.1, -0.05) is 54.6 Å². The third-order valence-electron chi connectivity index (χ3n) is 4.31. The van der Waals surface area contributed by atoms with E-state index in [2.05, 4.69) is 13.2 Å². The number of carboxylic acids is 1. The zero-order valence-electron chi connectivity index (χ0n) is 15.4. The second kappa shape index (κ2) is 10.1. The quantitative estimate of drug-likeness (QED) is 0.475. The summed E-state index contributed by atoms with van der Waals surface area (Å²) in [5.74, 6) is -1.73. The van der Waals surface area contributed by atoms with Gasteiger partial charge in [-0.15, -0.1) is 13.2 Å². The molecule has 2 aromatic carbocycles. The summed E-state index contributed by atoms with van der Waals surface area (Å²) in [6.45, 7) is 8.79. The first-order valence-electron chi connectivity index (χ1n) is 8.92. The molecule has 0 bridgehead atoms. The molecule has 2 aromatic rings. The number of hydrogen-bond acceptors (Lipinski definition) is 3. The molecule has 0 aromatic heterocycles. The van der Waals surface area contributed by atoms with Gasteiger partial charge in [-0.05, 0) is 24.1 Å². The van der Waals surface area contributed by atoms with Gasteiger partial charge in [0.15, 0.2) is 5.78 Å². The Morgan fingerprint density at radius 2 is 1.67 bits per heavy atom. The summed E-state index contributed by atoms with van der Waals surface area (Å²) in [6, 6.07) is 16.8. The third kappa shape index (κ3) is 5.96. The Morgan fingerprint density at radius 1 is 1.00 bits per heavy atom. The summed E-state index contributed by atoms with van der Waals surface area (Å²) < 4.78 is 0. The van der Waals surface area contributed by atoms with Crippen molar-refractivity contribution < 1.29 is 14.7 Å². The Kier molecular flexibility index (Phi) is 7.56. The van der Waals surface area contributed by atoms with Crippen LogP contribution in [0.4, 0.5) is 5.69 Å². The van der Waals surface area contributed by atoms with Crippen LogP contribution in [0, 0.1) is 5.92 Å². The van der Waals surface area contributed by atoms with E-state index in [9.17, 15) is 14.7 Å². The fraction of sp³-hybridized carbons (Fsp3) is 0.217.